The molecule has 1 fully saturated rings. The molecule has 1 heterocycles. The van der Waals surface area contributed by atoms with Crippen molar-refractivity contribution >= 4 is 11.8 Å². The maximum absolute atomic E-state index is 3.59. The average Bonchev–Trinajstić information content (AvgIpc) is 2.30. The lowest BCUT2D eigenvalue weighted by atomic mass is 10.0. The topological polar surface area (TPSA) is 15.3 Å². The van der Waals surface area contributed by atoms with Crippen LogP contribution in [0, 0.1) is 0 Å². The normalized spacial score (nSPS) is 22.3. The summed E-state index contributed by atoms with van der Waals surface area (Å²) in [5.41, 5.74) is 0. The molecule has 0 bridgehead atoms. The van der Waals surface area contributed by atoms with Gasteiger partial charge in [0.15, 0.2) is 0 Å². The Hall–Kier alpha value is 0.270. The van der Waals surface area contributed by atoms with E-state index in [-0.39, 0.29) is 0 Å². The van der Waals surface area contributed by atoms with Crippen molar-refractivity contribution < 1.29 is 0 Å². The van der Waals surface area contributed by atoms with E-state index in [0.29, 0.717) is 4.75 Å². The van der Waals surface area contributed by atoms with Crippen molar-refractivity contribution in [2.24, 2.45) is 0 Å². The predicted octanol–water partition coefficient (Wildman–Crippen LogP) is 3.37. The molecule has 1 saturated heterocycles. The van der Waals surface area contributed by atoms with Gasteiger partial charge in [0.25, 0.3) is 0 Å². The molecule has 3 heteroatoms. The Morgan fingerprint density at radius 1 is 1.28 bits per heavy atom. The monoisotopic (exact) mass is 272 g/mol. The van der Waals surface area contributed by atoms with Gasteiger partial charge >= 0.3 is 0 Å². The molecule has 2 nitrogen and oxygen atoms in total. The van der Waals surface area contributed by atoms with Gasteiger partial charge in [0.1, 0.15) is 0 Å². The van der Waals surface area contributed by atoms with E-state index in [1.165, 1.54) is 57.6 Å². The third-order valence-corrected chi connectivity index (χ3v) is 4.72. The number of nitrogens with one attached hydrogen (secondary N) is 1. The van der Waals surface area contributed by atoms with Crippen molar-refractivity contribution in [3.05, 3.63) is 0 Å². The van der Waals surface area contributed by atoms with E-state index in [1.54, 1.807) is 0 Å². The second-order valence-corrected chi connectivity index (χ2v) is 8.27. The smallest absolute Gasteiger partial charge is 0.0220 e. The summed E-state index contributed by atoms with van der Waals surface area (Å²) in [5, 5.41) is 3.59. The zero-order chi connectivity index (χ0) is 13.4. The third-order valence-electron chi connectivity index (χ3n) is 3.47. The van der Waals surface area contributed by atoms with Gasteiger partial charge in [-0.3, -0.25) is 4.90 Å². The number of hydrogen-bond donors (Lipinski definition) is 1. The summed E-state index contributed by atoms with van der Waals surface area (Å²) in [6, 6.07) is 0.783. The number of rotatable bonds is 7. The fourth-order valence-electron chi connectivity index (χ4n) is 2.50. The summed E-state index contributed by atoms with van der Waals surface area (Å²) in [6.45, 7) is 14.1. The first-order valence-corrected chi connectivity index (χ1v) is 8.60. The van der Waals surface area contributed by atoms with Crippen LogP contribution in [-0.2, 0) is 0 Å². The van der Waals surface area contributed by atoms with Crippen LogP contribution < -0.4 is 5.32 Å². The minimum atomic E-state index is 0.408. The summed E-state index contributed by atoms with van der Waals surface area (Å²) in [6.07, 6.45) is 5.44. The molecule has 0 saturated carbocycles. The third kappa shape index (κ3) is 7.01. The van der Waals surface area contributed by atoms with E-state index in [2.05, 4.69) is 49.7 Å². The van der Waals surface area contributed by atoms with Gasteiger partial charge in [-0.15, -0.1) is 0 Å². The lowest BCUT2D eigenvalue weighted by Gasteiger charge is -2.36. The Labute approximate surface area is 118 Å². The number of thioether (sulfide) groups is 1. The van der Waals surface area contributed by atoms with Crippen molar-refractivity contribution in [1.82, 2.24) is 10.2 Å². The summed E-state index contributed by atoms with van der Waals surface area (Å²) in [4.78, 5) is 2.71. The molecular weight excluding hydrogens is 240 g/mol. The Morgan fingerprint density at radius 2 is 2.06 bits per heavy atom. The summed E-state index contributed by atoms with van der Waals surface area (Å²) >= 11 is 2.10. The van der Waals surface area contributed by atoms with Crippen molar-refractivity contribution in [3.8, 4) is 0 Å². The minimum Gasteiger partial charge on any atom is -0.315 e. The zero-order valence-electron chi connectivity index (χ0n) is 12.8. The fourth-order valence-corrected chi connectivity index (χ4v) is 3.44. The first-order chi connectivity index (χ1) is 8.53. The highest BCUT2D eigenvalue weighted by Crippen LogP contribution is 2.24. The van der Waals surface area contributed by atoms with Gasteiger partial charge in [-0.05, 0) is 32.4 Å². The van der Waals surface area contributed by atoms with E-state index in [9.17, 15) is 0 Å². The molecule has 1 unspecified atom stereocenters. The maximum atomic E-state index is 3.59. The first-order valence-electron chi connectivity index (χ1n) is 7.61. The minimum absolute atomic E-state index is 0.408. The molecule has 1 atom stereocenters. The van der Waals surface area contributed by atoms with Crippen LogP contribution in [0.1, 0.15) is 53.4 Å². The van der Waals surface area contributed by atoms with Crippen molar-refractivity contribution in [3.63, 3.8) is 0 Å². The van der Waals surface area contributed by atoms with Crippen LogP contribution >= 0.6 is 11.8 Å². The first kappa shape index (κ1) is 16.3. The van der Waals surface area contributed by atoms with Gasteiger partial charge in [-0.1, -0.05) is 34.1 Å². The molecule has 0 aromatic heterocycles. The van der Waals surface area contributed by atoms with E-state index in [1.807, 2.05) is 0 Å². The summed E-state index contributed by atoms with van der Waals surface area (Å²) in [5.74, 6) is 1.27. The van der Waals surface area contributed by atoms with E-state index >= 15 is 0 Å². The van der Waals surface area contributed by atoms with Gasteiger partial charge in [0, 0.05) is 29.6 Å². The van der Waals surface area contributed by atoms with Crippen LogP contribution in [-0.4, -0.2) is 47.6 Å². The molecule has 1 N–H and O–H groups in total. The molecule has 0 spiro atoms. The van der Waals surface area contributed by atoms with E-state index in [0.717, 1.165) is 6.04 Å². The second-order valence-electron chi connectivity index (χ2n) is 6.35. The number of hydrogen-bond acceptors (Lipinski definition) is 3. The predicted molar refractivity (Wildman–Crippen MR) is 84.6 cm³/mol. The standard InChI is InChI=1S/C15H32N2S/c1-5-9-16-13-14-8-6-7-10-17(14)11-12-18-15(2,3)4/h14,16H,5-13H2,1-4H3. The number of nitrogens with zero attached hydrogens (tertiary/aromatic N) is 1. The van der Waals surface area contributed by atoms with Crippen LogP contribution in [0.2, 0.25) is 0 Å². The molecule has 108 valence electrons. The van der Waals surface area contributed by atoms with Gasteiger partial charge in [0.2, 0.25) is 0 Å². The Morgan fingerprint density at radius 3 is 2.72 bits per heavy atom. The Balaban J connectivity index is 2.26. The molecule has 1 rings (SSSR count). The number of likely N-dealkylation sites (tertiary alicyclic amines) is 1. The van der Waals surface area contributed by atoms with E-state index < -0.39 is 0 Å². The molecular formula is C15H32N2S. The average molecular weight is 273 g/mol. The molecule has 1 aliphatic rings. The van der Waals surface area contributed by atoms with Gasteiger partial charge in [0.05, 0.1) is 0 Å². The van der Waals surface area contributed by atoms with Crippen molar-refractivity contribution in [2.75, 3.05) is 31.9 Å². The fraction of sp³-hybridized carbons (Fsp3) is 1.00. The molecule has 0 radical (unpaired) electrons. The zero-order valence-corrected chi connectivity index (χ0v) is 13.6. The molecule has 0 amide bonds. The van der Waals surface area contributed by atoms with Gasteiger partial charge in [-0.2, -0.15) is 11.8 Å². The maximum Gasteiger partial charge on any atom is 0.0220 e. The van der Waals surface area contributed by atoms with Crippen LogP contribution in [0.15, 0.2) is 0 Å². The molecule has 0 aromatic rings. The van der Waals surface area contributed by atoms with Gasteiger partial charge < -0.3 is 5.32 Å². The van der Waals surface area contributed by atoms with Crippen LogP contribution in [0.5, 0.6) is 0 Å². The highest BCUT2D eigenvalue weighted by molar-refractivity contribution is 8.00. The Kier molecular flexibility index (Phi) is 7.66. The van der Waals surface area contributed by atoms with Gasteiger partial charge in [-0.25, -0.2) is 0 Å². The largest absolute Gasteiger partial charge is 0.315 e. The summed E-state index contributed by atoms with van der Waals surface area (Å²) < 4.78 is 0.408. The highest BCUT2D eigenvalue weighted by Gasteiger charge is 2.22. The molecule has 0 aliphatic carbocycles. The second kappa shape index (κ2) is 8.44. The SMILES string of the molecule is CCCNCC1CCCCN1CCSC(C)(C)C. The molecule has 1 aliphatic heterocycles. The lowest BCUT2D eigenvalue weighted by Crippen LogP contribution is -2.46. The Bertz CT molecular complexity index is 213. The van der Waals surface area contributed by atoms with E-state index in [4.69, 9.17) is 0 Å². The van der Waals surface area contributed by atoms with Crippen molar-refractivity contribution in [2.45, 2.75) is 64.2 Å². The molecule has 0 aromatic carbocycles. The number of piperidine rings is 1. The van der Waals surface area contributed by atoms with Crippen molar-refractivity contribution in [1.29, 1.82) is 0 Å². The lowest BCUT2D eigenvalue weighted by molar-refractivity contribution is 0.155. The van der Waals surface area contributed by atoms with Crippen LogP contribution in [0.4, 0.5) is 0 Å². The summed E-state index contributed by atoms with van der Waals surface area (Å²) in [7, 11) is 0. The van der Waals surface area contributed by atoms with Crippen LogP contribution in [0.25, 0.3) is 0 Å². The quantitative estimate of drug-likeness (QED) is 0.715. The highest BCUT2D eigenvalue weighted by atomic mass is 32.2. The molecule has 18 heavy (non-hydrogen) atoms. The van der Waals surface area contributed by atoms with Crippen LogP contribution in [0.3, 0.4) is 0 Å².